The number of hydrogen-bond donors (Lipinski definition) is 1. The Morgan fingerprint density at radius 1 is 1.12 bits per heavy atom. The second kappa shape index (κ2) is 5.10. The van der Waals surface area contributed by atoms with Crippen molar-refractivity contribution < 1.29 is 9.18 Å². The van der Waals surface area contributed by atoms with Crippen molar-refractivity contribution in [2.45, 2.75) is 39.5 Å². The zero-order chi connectivity index (χ0) is 12.3. The molecular formula is C13H18FNO. The molecule has 0 saturated carbocycles. The first-order valence-electron chi connectivity index (χ1n) is 5.50. The highest BCUT2D eigenvalue weighted by Gasteiger charge is 2.15. The molecule has 1 aromatic carbocycles. The summed E-state index contributed by atoms with van der Waals surface area (Å²) >= 11 is 0. The predicted octanol–water partition coefficient (Wildman–Crippen LogP) is 3.64. The molecule has 2 nitrogen and oxygen atoms in total. The van der Waals surface area contributed by atoms with Gasteiger partial charge in [-0.05, 0) is 35.1 Å². The van der Waals surface area contributed by atoms with Crippen LogP contribution in [0.5, 0.6) is 0 Å². The Morgan fingerprint density at radius 3 is 1.88 bits per heavy atom. The number of rotatable bonds is 4. The van der Waals surface area contributed by atoms with E-state index in [9.17, 15) is 9.18 Å². The SMILES string of the molecule is CC(C)c1cc(F)cc(C(C)C)c1NC=O. The molecule has 0 aliphatic rings. The van der Waals surface area contributed by atoms with E-state index in [1.807, 2.05) is 27.7 Å². The third kappa shape index (κ3) is 2.60. The lowest BCUT2D eigenvalue weighted by Gasteiger charge is -2.18. The van der Waals surface area contributed by atoms with E-state index in [1.54, 1.807) is 0 Å². The quantitative estimate of drug-likeness (QED) is 0.776. The molecule has 1 amide bonds. The molecule has 0 saturated heterocycles. The van der Waals surface area contributed by atoms with Crippen molar-refractivity contribution >= 4 is 12.1 Å². The van der Waals surface area contributed by atoms with Crippen LogP contribution in [0.4, 0.5) is 10.1 Å². The van der Waals surface area contributed by atoms with Crippen LogP contribution in [0.25, 0.3) is 0 Å². The number of carbonyl (C=O) groups excluding carboxylic acids is 1. The van der Waals surface area contributed by atoms with Gasteiger partial charge in [0, 0.05) is 5.69 Å². The van der Waals surface area contributed by atoms with Crippen molar-refractivity contribution in [2.75, 3.05) is 5.32 Å². The topological polar surface area (TPSA) is 29.1 Å². The molecule has 0 aliphatic carbocycles. The van der Waals surface area contributed by atoms with Gasteiger partial charge < -0.3 is 5.32 Å². The zero-order valence-electron chi connectivity index (χ0n) is 10.2. The largest absolute Gasteiger partial charge is 0.328 e. The summed E-state index contributed by atoms with van der Waals surface area (Å²) in [5.74, 6) is 0.107. The van der Waals surface area contributed by atoms with Gasteiger partial charge in [-0.25, -0.2) is 4.39 Å². The average molecular weight is 223 g/mol. The van der Waals surface area contributed by atoms with Crippen molar-refractivity contribution in [2.24, 2.45) is 0 Å². The molecule has 3 heteroatoms. The molecule has 0 heterocycles. The summed E-state index contributed by atoms with van der Waals surface area (Å²) in [7, 11) is 0. The molecule has 0 aliphatic heterocycles. The van der Waals surface area contributed by atoms with E-state index in [4.69, 9.17) is 0 Å². The van der Waals surface area contributed by atoms with Gasteiger partial charge in [0.15, 0.2) is 0 Å². The second-order valence-electron chi connectivity index (χ2n) is 4.53. The maximum absolute atomic E-state index is 13.5. The minimum absolute atomic E-state index is 0.177. The highest BCUT2D eigenvalue weighted by atomic mass is 19.1. The molecule has 0 atom stereocenters. The zero-order valence-corrected chi connectivity index (χ0v) is 10.2. The number of amides is 1. The van der Waals surface area contributed by atoms with E-state index in [1.165, 1.54) is 12.1 Å². The van der Waals surface area contributed by atoms with Crippen LogP contribution in [0.2, 0.25) is 0 Å². The normalized spacial score (nSPS) is 10.9. The Labute approximate surface area is 95.9 Å². The molecular weight excluding hydrogens is 205 g/mol. The van der Waals surface area contributed by atoms with Crippen LogP contribution in [0.15, 0.2) is 12.1 Å². The van der Waals surface area contributed by atoms with Gasteiger partial charge >= 0.3 is 0 Å². The number of hydrogen-bond acceptors (Lipinski definition) is 1. The van der Waals surface area contributed by atoms with E-state index < -0.39 is 0 Å². The summed E-state index contributed by atoms with van der Waals surface area (Å²) in [4.78, 5) is 10.6. The molecule has 0 spiro atoms. The number of carbonyl (C=O) groups is 1. The van der Waals surface area contributed by atoms with Crippen molar-refractivity contribution in [3.8, 4) is 0 Å². The molecule has 0 radical (unpaired) electrons. The van der Waals surface area contributed by atoms with Crippen LogP contribution < -0.4 is 5.32 Å². The molecule has 0 aromatic heterocycles. The van der Waals surface area contributed by atoms with Crippen LogP contribution in [-0.2, 0) is 4.79 Å². The maximum atomic E-state index is 13.5. The fraction of sp³-hybridized carbons (Fsp3) is 0.462. The van der Waals surface area contributed by atoms with Crippen molar-refractivity contribution in [1.82, 2.24) is 0 Å². The van der Waals surface area contributed by atoms with Crippen LogP contribution in [-0.4, -0.2) is 6.41 Å². The molecule has 88 valence electrons. The van der Waals surface area contributed by atoms with Gasteiger partial charge in [0.25, 0.3) is 0 Å². The molecule has 1 N–H and O–H groups in total. The fourth-order valence-corrected chi connectivity index (χ4v) is 1.79. The molecule has 0 bridgehead atoms. The smallest absolute Gasteiger partial charge is 0.211 e. The minimum Gasteiger partial charge on any atom is -0.328 e. The van der Waals surface area contributed by atoms with Gasteiger partial charge in [-0.1, -0.05) is 27.7 Å². The first-order valence-corrected chi connectivity index (χ1v) is 5.50. The lowest BCUT2D eigenvalue weighted by molar-refractivity contribution is -0.105. The van der Waals surface area contributed by atoms with E-state index in [-0.39, 0.29) is 17.7 Å². The highest BCUT2D eigenvalue weighted by Crippen LogP contribution is 2.33. The third-order valence-electron chi connectivity index (χ3n) is 2.61. The van der Waals surface area contributed by atoms with Gasteiger partial charge in [0.05, 0.1) is 0 Å². The first kappa shape index (κ1) is 12.7. The number of benzene rings is 1. The van der Waals surface area contributed by atoms with E-state index in [0.717, 1.165) is 16.8 Å². The minimum atomic E-state index is -0.246. The highest BCUT2D eigenvalue weighted by molar-refractivity contribution is 5.76. The summed E-state index contributed by atoms with van der Waals surface area (Å²) in [6.45, 7) is 7.92. The monoisotopic (exact) mass is 223 g/mol. The van der Waals surface area contributed by atoms with Crippen molar-refractivity contribution in [1.29, 1.82) is 0 Å². The Morgan fingerprint density at radius 2 is 1.56 bits per heavy atom. The summed E-state index contributed by atoms with van der Waals surface area (Å²) in [6.07, 6.45) is 0.644. The van der Waals surface area contributed by atoms with E-state index in [2.05, 4.69) is 5.32 Å². The summed E-state index contributed by atoms with van der Waals surface area (Å²) in [6, 6.07) is 2.98. The summed E-state index contributed by atoms with van der Waals surface area (Å²) in [5.41, 5.74) is 2.44. The summed E-state index contributed by atoms with van der Waals surface area (Å²) in [5, 5.41) is 2.69. The standard InChI is InChI=1S/C13H18FNO/c1-8(2)11-5-10(14)6-12(9(3)4)13(11)15-7-16/h5-9H,1-4H3,(H,15,16). The molecule has 16 heavy (non-hydrogen) atoms. The first-order chi connectivity index (χ1) is 7.47. The van der Waals surface area contributed by atoms with Crippen LogP contribution in [0.3, 0.4) is 0 Å². The second-order valence-corrected chi connectivity index (χ2v) is 4.53. The van der Waals surface area contributed by atoms with Crippen LogP contribution in [0.1, 0.15) is 50.7 Å². The van der Waals surface area contributed by atoms with Gasteiger partial charge in [-0.3, -0.25) is 4.79 Å². The Hall–Kier alpha value is -1.38. The Kier molecular flexibility index (Phi) is 4.05. The van der Waals surface area contributed by atoms with Crippen LogP contribution >= 0.6 is 0 Å². The van der Waals surface area contributed by atoms with Crippen molar-refractivity contribution in [3.05, 3.63) is 29.1 Å². The third-order valence-corrected chi connectivity index (χ3v) is 2.61. The van der Waals surface area contributed by atoms with Crippen LogP contribution in [0, 0.1) is 5.82 Å². The Balaban J connectivity index is 3.40. The molecule has 1 rings (SSSR count). The average Bonchev–Trinajstić information content (AvgIpc) is 2.19. The number of anilines is 1. The Bertz CT molecular complexity index is 357. The van der Waals surface area contributed by atoms with Gasteiger partial charge in [-0.15, -0.1) is 0 Å². The molecule has 0 fully saturated rings. The lowest BCUT2D eigenvalue weighted by Crippen LogP contribution is -2.06. The molecule has 1 aromatic rings. The summed E-state index contributed by atoms with van der Waals surface area (Å²) < 4.78 is 13.5. The predicted molar refractivity (Wildman–Crippen MR) is 64.3 cm³/mol. The van der Waals surface area contributed by atoms with E-state index >= 15 is 0 Å². The maximum Gasteiger partial charge on any atom is 0.211 e. The van der Waals surface area contributed by atoms with Gasteiger partial charge in [-0.2, -0.15) is 0 Å². The number of halogens is 1. The fourth-order valence-electron chi connectivity index (χ4n) is 1.79. The van der Waals surface area contributed by atoms with E-state index in [0.29, 0.717) is 6.41 Å². The number of nitrogens with one attached hydrogen (secondary N) is 1. The molecule has 0 unspecified atom stereocenters. The van der Waals surface area contributed by atoms with Crippen molar-refractivity contribution in [3.63, 3.8) is 0 Å². The van der Waals surface area contributed by atoms with Gasteiger partial charge in [0.1, 0.15) is 5.82 Å². The lowest BCUT2D eigenvalue weighted by atomic mass is 9.92. The van der Waals surface area contributed by atoms with Gasteiger partial charge in [0.2, 0.25) is 6.41 Å².